The zero-order valence-corrected chi connectivity index (χ0v) is 11.0. The molecular formula is C14H18N4O. The van der Waals surface area contributed by atoms with Gasteiger partial charge in [-0.3, -0.25) is 4.79 Å². The fourth-order valence-electron chi connectivity index (χ4n) is 1.93. The van der Waals surface area contributed by atoms with Crippen molar-refractivity contribution in [3.05, 3.63) is 54.1 Å². The van der Waals surface area contributed by atoms with Gasteiger partial charge in [0, 0.05) is 39.1 Å². The van der Waals surface area contributed by atoms with Crippen LogP contribution in [-0.4, -0.2) is 33.4 Å². The molecule has 1 aromatic heterocycles. The van der Waals surface area contributed by atoms with Gasteiger partial charge in [0.05, 0.1) is 0 Å². The Hall–Kier alpha value is -2.14. The van der Waals surface area contributed by atoms with Crippen molar-refractivity contribution in [1.29, 1.82) is 0 Å². The van der Waals surface area contributed by atoms with E-state index in [2.05, 4.69) is 4.98 Å². The highest BCUT2D eigenvalue weighted by Crippen LogP contribution is 2.08. The largest absolute Gasteiger partial charge is 0.330 e. The number of carbonyl (C=O) groups is 1. The number of benzene rings is 1. The van der Waals surface area contributed by atoms with E-state index in [-0.39, 0.29) is 5.91 Å². The van der Waals surface area contributed by atoms with Crippen molar-refractivity contribution < 1.29 is 4.79 Å². The van der Waals surface area contributed by atoms with Crippen LogP contribution in [0.1, 0.15) is 16.2 Å². The average molecular weight is 258 g/mol. The number of carbonyl (C=O) groups excluding carboxylic acids is 1. The third-order valence-electron chi connectivity index (χ3n) is 2.91. The maximum absolute atomic E-state index is 12.4. The lowest BCUT2D eigenvalue weighted by atomic mass is 10.2. The monoisotopic (exact) mass is 258 g/mol. The van der Waals surface area contributed by atoms with Gasteiger partial charge in [0.25, 0.3) is 5.91 Å². The van der Waals surface area contributed by atoms with Crippen LogP contribution in [0.3, 0.4) is 0 Å². The van der Waals surface area contributed by atoms with E-state index in [0.717, 1.165) is 5.56 Å². The molecule has 1 aromatic carbocycles. The van der Waals surface area contributed by atoms with Gasteiger partial charge in [0.15, 0.2) is 5.82 Å². The maximum atomic E-state index is 12.4. The summed E-state index contributed by atoms with van der Waals surface area (Å²) in [6.45, 7) is 1.49. The number of nitrogens with zero attached hydrogens (tertiary/aromatic N) is 3. The van der Waals surface area contributed by atoms with Gasteiger partial charge in [-0.2, -0.15) is 0 Å². The van der Waals surface area contributed by atoms with Crippen LogP contribution in [0, 0.1) is 0 Å². The lowest BCUT2D eigenvalue weighted by molar-refractivity contribution is 0.0732. The Balaban J connectivity index is 2.16. The molecule has 2 rings (SSSR count). The smallest absolute Gasteiger partial charge is 0.290 e. The number of hydrogen-bond acceptors (Lipinski definition) is 3. The second-order valence-electron chi connectivity index (χ2n) is 4.36. The molecule has 5 heteroatoms. The normalized spacial score (nSPS) is 10.4. The molecule has 0 unspecified atom stereocenters. The molecule has 0 aliphatic carbocycles. The van der Waals surface area contributed by atoms with Gasteiger partial charge in [0.1, 0.15) is 0 Å². The second kappa shape index (κ2) is 6.15. The summed E-state index contributed by atoms with van der Waals surface area (Å²) in [5, 5.41) is 0. The summed E-state index contributed by atoms with van der Waals surface area (Å²) in [4.78, 5) is 18.2. The van der Waals surface area contributed by atoms with Crippen LogP contribution in [0.15, 0.2) is 42.7 Å². The summed E-state index contributed by atoms with van der Waals surface area (Å²) in [6.07, 6.45) is 3.38. The zero-order chi connectivity index (χ0) is 13.7. The van der Waals surface area contributed by atoms with Crippen LogP contribution < -0.4 is 5.73 Å². The van der Waals surface area contributed by atoms with Crippen molar-refractivity contribution in [3.63, 3.8) is 0 Å². The van der Waals surface area contributed by atoms with Gasteiger partial charge in [0.2, 0.25) is 0 Å². The zero-order valence-electron chi connectivity index (χ0n) is 11.0. The SMILES string of the molecule is Cn1ccnc1C(=O)N(CCN)Cc1ccccc1. The van der Waals surface area contributed by atoms with Crippen LogP contribution in [-0.2, 0) is 13.6 Å². The number of amides is 1. The topological polar surface area (TPSA) is 64.2 Å². The number of imidazole rings is 1. The summed E-state index contributed by atoms with van der Waals surface area (Å²) >= 11 is 0. The van der Waals surface area contributed by atoms with Gasteiger partial charge in [-0.25, -0.2) is 4.98 Å². The molecule has 19 heavy (non-hydrogen) atoms. The molecular weight excluding hydrogens is 240 g/mol. The average Bonchev–Trinajstić information content (AvgIpc) is 2.85. The molecule has 100 valence electrons. The highest BCUT2D eigenvalue weighted by atomic mass is 16.2. The first-order valence-corrected chi connectivity index (χ1v) is 6.23. The molecule has 0 saturated carbocycles. The molecule has 2 N–H and O–H groups in total. The first kappa shape index (κ1) is 13.3. The Morgan fingerprint density at radius 1 is 1.37 bits per heavy atom. The number of nitrogens with two attached hydrogens (primary N) is 1. The van der Waals surface area contributed by atoms with E-state index >= 15 is 0 Å². The first-order chi connectivity index (χ1) is 9.22. The van der Waals surface area contributed by atoms with Crippen LogP contribution >= 0.6 is 0 Å². The van der Waals surface area contributed by atoms with Crippen LogP contribution in [0.2, 0.25) is 0 Å². The van der Waals surface area contributed by atoms with Gasteiger partial charge >= 0.3 is 0 Å². The lowest BCUT2D eigenvalue weighted by Gasteiger charge is -2.21. The van der Waals surface area contributed by atoms with E-state index in [0.29, 0.717) is 25.5 Å². The summed E-state index contributed by atoms with van der Waals surface area (Å²) in [5.41, 5.74) is 6.67. The highest BCUT2D eigenvalue weighted by Gasteiger charge is 2.19. The van der Waals surface area contributed by atoms with E-state index in [9.17, 15) is 4.79 Å². The first-order valence-electron chi connectivity index (χ1n) is 6.23. The second-order valence-corrected chi connectivity index (χ2v) is 4.36. The third-order valence-corrected chi connectivity index (χ3v) is 2.91. The molecule has 0 fully saturated rings. The molecule has 0 spiro atoms. The fraction of sp³-hybridized carbons (Fsp3) is 0.286. The quantitative estimate of drug-likeness (QED) is 0.871. The number of aromatic nitrogens is 2. The highest BCUT2D eigenvalue weighted by molar-refractivity contribution is 5.90. The molecule has 0 bridgehead atoms. The van der Waals surface area contributed by atoms with Crippen molar-refractivity contribution in [1.82, 2.24) is 14.5 Å². The Kier molecular flexibility index (Phi) is 4.30. The van der Waals surface area contributed by atoms with Crippen molar-refractivity contribution in [2.45, 2.75) is 6.54 Å². The van der Waals surface area contributed by atoms with Crippen molar-refractivity contribution >= 4 is 5.91 Å². The Morgan fingerprint density at radius 3 is 2.68 bits per heavy atom. The van der Waals surface area contributed by atoms with Crippen LogP contribution in [0.5, 0.6) is 0 Å². The molecule has 5 nitrogen and oxygen atoms in total. The molecule has 0 saturated heterocycles. The molecule has 0 atom stereocenters. The van der Waals surface area contributed by atoms with Gasteiger partial charge < -0.3 is 15.2 Å². The Bertz CT molecular complexity index is 535. The summed E-state index contributed by atoms with van der Waals surface area (Å²) < 4.78 is 1.72. The standard InChI is InChI=1S/C14H18N4O/c1-17-10-8-16-13(17)14(19)18(9-7-15)11-12-5-3-2-4-6-12/h2-6,8,10H,7,9,11,15H2,1H3. The van der Waals surface area contributed by atoms with E-state index < -0.39 is 0 Å². The molecule has 0 radical (unpaired) electrons. The fourth-order valence-corrected chi connectivity index (χ4v) is 1.93. The lowest BCUT2D eigenvalue weighted by Crippen LogP contribution is -2.36. The summed E-state index contributed by atoms with van der Waals surface area (Å²) in [6, 6.07) is 9.87. The number of aryl methyl sites for hydroxylation is 1. The van der Waals surface area contributed by atoms with Crippen molar-refractivity contribution in [3.8, 4) is 0 Å². The minimum atomic E-state index is -0.0956. The van der Waals surface area contributed by atoms with E-state index in [1.807, 2.05) is 37.4 Å². The van der Waals surface area contributed by atoms with E-state index in [4.69, 9.17) is 5.73 Å². The maximum Gasteiger partial charge on any atom is 0.290 e. The minimum Gasteiger partial charge on any atom is -0.330 e. The van der Waals surface area contributed by atoms with Crippen molar-refractivity contribution in [2.75, 3.05) is 13.1 Å². The van der Waals surface area contributed by atoms with Gasteiger partial charge in [-0.1, -0.05) is 30.3 Å². The summed E-state index contributed by atoms with van der Waals surface area (Å²) in [5.74, 6) is 0.339. The predicted molar refractivity (Wildman–Crippen MR) is 73.4 cm³/mol. The summed E-state index contributed by atoms with van der Waals surface area (Å²) in [7, 11) is 1.81. The Labute approximate surface area is 112 Å². The predicted octanol–water partition coefficient (Wildman–Crippen LogP) is 1.02. The van der Waals surface area contributed by atoms with Crippen LogP contribution in [0.25, 0.3) is 0 Å². The Morgan fingerprint density at radius 2 is 2.11 bits per heavy atom. The molecule has 1 amide bonds. The number of rotatable bonds is 5. The van der Waals surface area contributed by atoms with Gasteiger partial charge in [-0.05, 0) is 5.56 Å². The third kappa shape index (κ3) is 3.20. The number of hydrogen-bond donors (Lipinski definition) is 1. The van der Waals surface area contributed by atoms with E-state index in [1.54, 1.807) is 21.9 Å². The molecule has 0 aliphatic heterocycles. The van der Waals surface area contributed by atoms with Crippen molar-refractivity contribution in [2.24, 2.45) is 12.8 Å². The van der Waals surface area contributed by atoms with E-state index in [1.165, 1.54) is 0 Å². The molecule has 2 aromatic rings. The molecule has 1 heterocycles. The minimum absolute atomic E-state index is 0.0956. The van der Waals surface area contributed by atoms with Crippen LogP contribution in [0.4, 0.5) is 0 Å². The molecule has 0 aliphatic rings. The van der Waals surface area contributed by atoms with Gasteiger partial charge in [-0.15, -0.1) is 0 Å².